The molecule has 0 aliphatic heterocycles. The number of hydrogen-bond acceptors (Lipinski definition) is 2. The molecule has 1 aromatic carbocycles. The molecule has 0 bridgehead atoms. The van der Waals surface area contributed by atoms with E-state index in [4.69, 9.17) is 16.7 Å². The fraction of sp³-hybridized carbons (Fsp3) is 0.417. The van der Waals surface area contributed by atoms with Gasteiger partial charge in [0, 0.05) is 17.5 Å². The summed E-state index contributed by atoms with van der Waals surface area (Å²) in [6.07, 6.45) is 0.574. The van der Waals surface area contributed by atoms with Gasteiger partial charge in [-0.05, 0) is 32.0 Å². The minimum atomic E-state index is 0.115. The number of imidazole rings is 1. The summed E-state index contributed by atoms with van der Waals surface area (Å²) in [5, 5.41) is 9.72. The van der Waals surface area contributed by atoms with Gasteiger partial charge < -0.3 is 9.67 Å². The molecule has 2 aromatic rings. The van der Waals surface area contributed by atoms with Gasteiger partial charge in [-0.15, -0.1) is 0 Å². The van der Waals surface area contributed by atoms with Crippen LogP contribution in [-0.4, -0.2) is 21.3 Å². The van der Waals surface area contributed by atoms with Crippen LogP contribution < -0.4 is 0 Å². The summed E-state index contributed by atoms with van der Waals surface area (Å²) >= 11 is 5.94. The van der Waals surface area contributed by atoms with Crippen LogP contribution in [-0.2, 0) is 6.42 Å². The average Bonchev–Trinajstić information content (AvgIpc) is 2.55. The number of hydrogen-bond donors (Lipinski definition) is 1. The first-order chi connectivity index (χ1) is 7.63. The van der Waals surface area contributed by atoms with Crippen LogP contribution in [0.5, 0.6) is 0 Å². The van der Waals surface area contributed by atoms with E-state index >= 15 is 0 Å². The Hall–Kier alpha value is -1.06. The molecular formula is C12H15ClN2O. The fourth-order valence-electron chi connectivity index (χ4n) is 1.97. The van der Waals surface area contributed by atoms with E-state index in [0.717, 1.165) is 16.9 Å². The molecule has 86 valence electrons. The topological polar surface area (TPSA) is 38.0 Å². The highest BCUT2D eigenvalue weighted by Gasteiger charge is 2.12. The fourth-order valence-corrected chi connectivity index (χ4v) is 2.14. The second-order valence-corrected chi connectivity index (χ2v) is 4.53. The summed E-state index contributed by atoms with van der Waals surface area (Å²) in [6.45, 7) is 4.33. The number of nitrogens with zero attached hydrogens (tertiary/aromatic N) is 2. The second-order valence-electron chi connectivity index (χ2n) is 4.10. The van der Waals surface area contributed by atoms with Gasteiger partial charge >= 0.3 is 0 Å². The first-order valence-electron chi connectivity index (χ1n) is 5.40. The van der Waals surface area contributed by atoms with Crippen molar-refractivity contribution in [3.05, 3.63) is 29.0 Å². The first kappa shape index (κ1) is 11.4. The zero-order valence-electron chi connectivity index (χ0n) is 9.44. The van der Waals surface area contributed by atoms with Gasteiger partial charge in [-0.2, -0.15) is 0 Å². The Morgan fingerprint density at radius 2 is 2.19 bits per heavy atom. The van der Waals surface area contributed by atoms with E-state index in [0.29, 0.717) is 17.5 Å². The largest absolute Gasteiger partial charge is 0.396 e. The first-order valence-corrected chi connectivity index (χ1v) is 5.78. The maximum Gasteiger partial charge on any atom is 0.112 e. The molecule has 1 N–H and O–H groups in total. The van der Waals surface area contributed by atoms with Gasteiger partial charge in [0.15, 0.2) is 0 Å². The van der Waals surface area contributed by atoms with E-state index in [-0.39, 0.29) is 6.61 Å². The van der Waals surface area contributed by atoms with Gasteiger partial charge in [-0.1, -0.05) is 11.6 Å². The van der Waals surface area contributed by atoms with Crippen LogP contribution in [0.15, 0.2) is 18.2 Å². The molecule has 0 aliphatic carbocycles. The maximum absolute atomic E-state index is 9.03. The van der Waals surface area contributed by atoms with Crippen molar-refractivity contribution in [3.63, 3.8) is 0 Å². The Morgan fingerprint density at radius 3 is 2.81 bits per heavy atom. The molecule has 0 saturated heterocycles. The van der Waals surface area contributed by atoms with Crippen molar-refractivity contribution < 1.29 is 5.11 Å². The Labute approximate surface area is 99.7 Å². The average molecular weight is 239 g/mol. The lowest BCUT2D eigenvalue weighted by atomic mass is 10.3. The molecule has 0 fully saturated rings. The van der Waals surface area contributed by atoms with E-state index in [9.17, 15) is 0 Å². The normalized spacial score (nSPS) is 11.6. The number of benzene rings is 1. The summed E-state index contributed by atoms with van der Waals surface area (Å²) < 4.78 is 2.14. The van der Waals surface area contributed by atoms with Gasteiger partial charge in [0.05, 0.1) is 17.6 Å². The molecule has 1 aromatic heterocycles. The van der Waals surface area contributed by atoms with Crippen molar-refractivity contribution in [1.82, 2.24) is 9.55 Å². The predicted octanol–water partition coefficient (Wildman–Crippen LogP) is 2.81. The Bertz CT molecular complexity index is 505. The molecule has 0 radical (unpaired) electrons. The van der Waals surface area contributed by atoms with E-state index in [1.165, 1.54) is 0 Å². The number of aliphatic hydroxyl groups is 1. The van der Waals surface area contributed by atoms with Crippen molar-refractivity contribution in [2.24, 2.45) is 0 Å². The third-order valence-corrected chi connectivity index (χ3v) is 2.81. The third-order valence-electron chi connectivity index (χ3n) is 2.58. The van der Waals surface area contributed by atoms with E-state index in [2.05, 4.69) is 23.4 Å². The lowest BCUT2D eigenvalue weighted by molar-refractivity contribution is 0.294. The predicted molar refractivity (Wildman–Crippen MR) is 65.9 cm³/mol. The standard InChI is InChI=1S/C12H15ClN2O/c1-8(2)15-11-4-3-9(13)7-10(11)14-12(15)5-6-16/h3-4,7-8,16H,5-6H2,1-2H3. The molecule has 0 amide bonds. The van der Waals surface area contributed by atoms with Crippen LogP contribution in [0.25, 0.3) is 11.0 Å². The molecule has 2 rings (SSSR count). The molecule has 0 atom stereocenters. The highest BCUT2D eigenvalue weighted by Crippen LogP contribution is 2.24. The summed E-state index contributed by atoms with van der Waals surface area (Å²) in [4.78, 5) is 4.50. The van der Waals surface area contributed by atoms with E-state index < -0.39 is 0 Å². The second kappa shape index (κ2) is 4.44. The lowest BCUT2D eigenvalue weighted by Crippen LogP contribution is -2.07. The van der Waals surface area contributed by atoms with Crippen molar-refractivity contribution in [1.29, 1.82) is 0 Å². The highest BCUT2D eigenvalue weighted by molar-refractivity contribution is 6.31. The molecule has 3 nitrogen and oxygen atoms in total. The number of halogens is 1. The summed E-state index contributed by atoms with van der Waals surface area (Å²) in [5.74, 6) is 0.912. The van der Waals surface area contributed by atoms with Crippen molar-refractivity contribution in [3.8, 4) is 0 Å². The Balaban J connectivity index is 2.65. The van der Waals surface area contributed by atoms with Crippen molar-refractivity contribution >= 4 is 22.6 Å². The monoisotopic (exact) mass is 238 g/mol. The summed E-state index contributed by atoms with van der Waals surface area (Å²) in [5.41, 5.74) is 1.97. The van der Waals surface area contributed by atoms with Crippen LogP contribution in [0, 0.1) is 0 Å². The van der Waals surface area contributed by atoms with Crippen LogP contribution in [0.2, 0.25) is 5.02 Å². The van der Waals surface area contributed by atoms with E-state index in [1.807, 2.05) is 18.2 Å². The molecule has 1 heterocycles. The minimum absolute atomic E-state index is 0.115. The van der Waals surface area contributed by atoms with Crippen LogP contribution in [0.4, 0.5) is 0 Å². The van der Waals surface area contributed by atoms with Gasteiger partial charge in [-0.25, -0.2) is 4.98 Å². The third kappa shape index (κ3) is 1.93. The molecule has 0 saturated carbocycles. The molecule has 16 heavy (non-hydrogen) atoms. The molecule has 4 heteroatoms. The number of rotatable bonds is 3. The number of fused-ring (bicyclic) bond motifs is 1. The van der Waals surface area contributed by atoms with Crippen molar-refractivity contribution in [2.75, 3.05) is 6.61 Å². The maximum atomic E-state index is 9.03. The minimum Gasteiger partial charge on any atom is -0.396 e. The summed E-state index contributed by atoms with van der Waals surface area (Å²) in [6, 6.07) is 6.03. The molecule has 0 spiro atoms. The number of aliphatic hydroxyl groups excluding tert-OH is 1. The molecule has 0 unspecified atom stereocenters. The van der Waals surface area contributed by atoms with Gasteiger partial charge in [-0.3, -0.25) is 0 Å². The van der Waals surface area contributed by atoms with Crippen LogP contribution >= 0.6 is 11.6 Å². The van der Waals surface area contributed by atoms with Crippen LogP contribution in [0.3, 0.4) is 0 Å². The zero-order valence-corrected chi connectivity index (χ0v) is 10.2. The van der Waals surface area contributed by atoms with Crippen molar-refractivity contribution in [2.45, 2.75) is 26.3 Å². The Kier molecular flexibility index (Phi) is 3.17. The summed E-state index contributed by atoms with van der Waals surface area (Å²) in [7, 11) is 0. The molecule has 0 aliphatic rings. The SMILES string of the molecule is CC(C)n1c(CCO)nc2cc(Cl)ccc21. The highest BCUT2D eigenvalue weighted by atomic mass is 35.5. The van der Waals surface area contributed by atoms with E-state index in [1.54, 1.807) is 0 Å². The van der Waals surface area contributed by atoms with Crippen LogP contribution in [0.1, 0.15) is 25.7 Å². The lowest BCUT2D eigenvalue weighted by Gasteiger charge is -2.12. The van der Waals surface area contributed by atoms with Gasteiger partial charge in [0.1, 0.15) is 5.82 Å². The van der Waals surface area contributed by atoms with Gasteiger partial charge in [0.2, 0.25) is 0 Å². The smallest absolute Gasteiger partial charge is 0.112 e. The Morgan fingerprint density at radius 1 is 1.44 bits per heavy atom. The quantitative estimate of drug-likeness (QED) is 0.893. The number of aromatic nitrogens is 2. The van der Waals surface area contributed by atoms with Gasteiger partial charge in [0.25, 0.3) is 0 Å². The molecular weight excluding hydrogens is 224 g/mol. The zero-order chi connectivity index (χ0) is 11.7.